The first-order valence-corrected chi connectivity index (χ1v) is 8.69. The van der Waals surface area contributed by atoms with Gasteiger partial charge in [0.1, 0.15) is 5.84 Å². The van der Waals surface area contributed by atoms with Crippen LogP contribution >= 0.6 is 0 Å². The summed E-state index contributed by atoms with van der Waals surface area (Å²) in [5, 5.41) is 9.89. The maximum Gasteiger partial charge on any atom is 0.277 e. The fraction of sp³-hybridized carbons (Fsp3) is 0.190. The molecule has 1 amide bonds. The molecule has 0 aliphatic carbocycles. The molecule has 4 rings (SSSR count). The van der Waals surface area contributed by atoms with Gasteiger partial charge in [-0.15, -0.1) is 0 Å². The van der Waals surface area contributed by atoms with Crippen molar-refractivity contribution in [2.75, 3.05) is 6.54 Å². The average Bonchev–Trinajstić information content (AvgIpc) is 3.30. The van der Waals surface area contributed by atoms with Crippen molar-refractivity contribution in [1.29, 1.82) is 0 Å². The highest BCUT2D eigenvalue weighted by Gasteiger charge is 2.43. The predicted molar refractivity (Wildman–Crippen MR) is 101 cm³/mol. The molecule has 26 heavy (non-hydrogen) atoms. The molecule has 0 fully saturated rings. The maximum atomic E-state index is 12.7. The Balaban J connectivity index is 1.76. The summed E-state index contributed by atoms with van der Waals surface area (Å²) in [6, 6.07) is 22.2. The topological polar surface area (TPSA) is 70.1 Å². The minimum Gasteiger partial charge on any atom is -0.308 e. The van der Waals surface area contributed by atoms with Crippen LogP contribution in [0.2, 0.25) is 0 Å². The molecule has 0 radical (unpaired) electrons. The van der Waals surface area contributed by atoms with Gasteiger partial charge in [-0.1, -0.05) is 60.7 Å². The third-order valence-corrected chi connectivity index (χ3v) is 4.86. The molecular weight excluding hydrogens is 324 g/mol. The first-order valence-electron chi connectivity index (χ1n) is 8.69. The number of nitrogens with one attached hydrogen (secondary N) is 2. The summed E-state index contributed by atoms with van der Waals surface area (Å²) < 4.78 is 0. The molecule has 0 spiro atoms. The van der Waals surface area contributed by atoms with Crippen molar-refractivity contribution in [2.45, 2.75) is 18.8 Å². The van der Waals surface area contributed by atoms with E-state index in [1.807, 2.05) is 43.3 Å². The molecule has 0 saturated carbocycles. The van der Waals surface area contributed by atoms with E-state index in [0.29, 0.717) is 18.1 Å². The highest BCUT2D eigenvalue weighted by molar-refractivity contribution is 6.11. The number of aliphatic imine (C=N–C) groups is 1. The second kappa shape index (κ2) is 6.59. The number of amidine groups is 1. The van der Waals surface area contributed by atoms with Gasteiger partial charge in [0.15, 0.2) is 5.69 Å². The molecule has 0 unspecified atom stereocenters. The molecule has 5 heteroatoms. The molecular formula is C21H20N4O. The number of carbonyl (C=O) groups excluding carboxylic acids is 1. The van der Waals surface area contributed by atoms with Crippen molar-refractivity contribution >= 4 is 11.7 Å². The number of rotatable bonds is 3. The number of hydrogen-bond donors (Lipinski definition) is 2. The lowest BCUT2D eigenvalue weighted by molar-refractivity contribution is 0.0970. The standard InChI is InChI=1S/C21H20N4O/c1-15-14-18(25-24-15)19(26)23-20-21(12-13-22-20,16-8-4-2-5-9-16)17-10-6-3-7-11-17/h2-11,14H,12-13H2,1H3,(H,24,25)(H,22,23,26). The van der Waals surface area contributed by atoms with Gasteiger partial charge in [-0.3, -0.25) is 14.9 Å². The lowest BCUT2D eigenvalue weighted by Crippen LogP contribution is -2.45. The van der Waals surface area contributed by atoms with E-state index in [1.54, 1.807) is 6.07 Å². The monoisotopic (exact) mass is 344 g/mol. The van der Waals surface area contributed by atoms with Gasteiger partial charge in [-0.05, 0) is 30.5 Å². The van der Waals surface area contributed by atoms with Crippen LogP contribution in [-0.4, -0.2) is 28.5 Å². The van der Waals surface area contributed by atoms with Gasteiger partial charge in [0, 0.05) is 12.2 Å². The fourth-order valence-electron chi connectivity index (χ4n) is 3.62. The summed E-state index contributed by atoms with van der Waals surface area (Å²) in [6.07, 6.45) is 0.816. The Morgan fingerprint density at radius 1 is 1.04 bits per heavy atom. The normalized spacial score (nSPS) is 15.5. The Morgan fingerprint density at radius 2 is 1.65 bits per heavy atom. The molecule has 5 nitrogen and oxygen atoms in total. The summed E-state index contributed by atoms with van der Waals surface area (Å²) in [5.41, 5.74) is 3.01. The number of nitrogens with zero attached hydrogens (tertiary/aromatic N) is 2. The lowest BCUT2D eigenvalue weighted by Gasteiger charge is -2.32. The van der Waals surface area contributed by atoms with Crippen LogP contribution in [0, 0.1) is 6.92 Å². The second-order valence-corrected chi connectivity index (χ2v) is 6.51. The van der Waals surface area contributed by atoms with Gasteiger partial charge >= 0.3 is 0 Å². The maximum absolute atomic E-state index is 12.7. The van der Waals surface area contributed by atoms with Crippen LogP contribution in [0.15, 0.2) is 71.7 Å². The van der Waals surface area contributed by atoms with Gasteiger partial charge in [-0.25, -0.2) is 0 Å². The zero-order valence-corrected chi connectivity index (χ0v) is 14.6. The van der Waals surface area contributed by atoms with Crippen molar-refractivity contribution < 1.29 is 4.79 Å². The van der Waals surface area contributed by atoms with E-state index < -0.39 is 5.41 Å². The van der Waals surface area contributed by atoms with E-state index in [4.69, 9.17) is 0 Å². The van der Waals surface area contributed by atoms with E-state index in [2.05, 4.69) is 44.8 Å². The van der Waals surface area contributed by atoms with Gasteiger partial charge < -0.3 is 5.32 Å². The van der Waals surface area contributed by atoms with Crippen molar-refractivity contribution in [1.82, 2.24) is 15.5 Å². The van der Waals surface area contributed by atoms with Gasteiger partial charge in [0.2, 0.25) is 0 Å². The van der Waals surface area contributed by atoms with Crippen LogP contribution in [0.1, 0.15) is 33.7 Å². The van der Waals surface area contributed by atoms with Crippen LogP contribution in [0.5, 0.6) is 0 Å². The quantitative estimate of drug-likeness (QED) is 0.766. The van der Waals surface area contributed by atoms with E-state index in [9.17, 15) is 4.79 Å². The number of hydrogen-bond acceptors (Lipinski definition) is 3. The third-order valence-electron chi connectivity index (χ3n) is 4.86. The minimum atomic E-state index is -0.455. The number of carbonyl (C=O) groups is 1. The van der Waals surface area contributed by atoms with Crippen LogP contribution in [0.4, 0.5) is 0 Å². The van der Waals surface area contributed by atoms with E-state index in [0.717, 1.165) is 23.2 Å². The molecule has 0 atom stereocenters. The van der Waals surface area contributed by atoms with Crippen molar-refractivity contribution in [3.05, 3.63) is 89.2 Å². The number of aromatic amines is 1. The fourth-order valence-corrected chi connectivity index (χ4v) is 3.62. The third kappa shape index (κ3) is 2.71. The van der Waals surface area contributed by atoms with Gasteiger partial charge in [0.05, 0.1) is 5.41 Å². The van der Waals surface area contributed by atoms with Gasteiger partial charge in [0.25, 0.3) is 5.91 Å². The second-order valence-electron chi connectivity index (χ2n) is 6.51. The van der Waals surface area contributed by atoms with Crippen LogP contribution < -0.4 is 5.32 Å². The molecule has 1 aromatic heterocycles. The smallest absolute Gasteiger partial charge is 0.277 e. The van der Waals surface area contributed by atoms with Crippen LogP contribution in [-0.2, 0) is 5.41 Å². The Kier molecular flexibility index (Phi) is 4.13. The van der Waals surface area contributed by atoms with Gasteiger partial charge in [-0.2, -0.15) is 5.10 Å². The SMILES string of the molecule is Cc1cc(C(=O)NC2=NCCC2(c2ccccc2)c2ccccc2)n[nH]1. The Labute approximate surface area is 152 Å². The summed E-state index contributed by atoms with van der Waals surface area (Å²) in [5.74, 6) is 0.437. The summed E-state index contributed by atoms with van der Waals surface area (Å²) in [7, 11) is 0. The van der Waals surface area contributed by atoms with Crippen molar-refractivity contribution in [3.8, 4) is 0 Å². The highest BCUT2D eigenvalue weighted by Crippen LogP contribution is 2.39. The number of H-pyrrole nitrogens is 1. The molecule has 3 aromatic rings. The molecule has 130 valence electrons. The molecule has 0 bridgehead atoms. The zero-order valence-electron chi connectivity index (χ0n) is 14.6. The number of amides is 1. The number of aromatic nitrogens is 2. The summed E-state index contributed by atoms with van der Waals surface area (Å²) in [4.78, 5) is 17.4. The summed E-state index contributed by atoms with van der Waals surface area (Å²) >= 11 is 0. The van der Waals surface area contributed by atoms with Crippen molar-refractivity contribution in [3.63, 3.8) is 0 Å². The minimum absolute atomic E-state index is 0.244. The molecule has 2 heterocycles. The predicted octanol–water partition coefficient (Wildman–Crippen LogP) is 3.24. The number of aryl methyl sites for hydroxylation is 1. The average molecular weight is 344 g/mol. The Bertz CT molecular complexity index is 905. The molecule has 0 saturated heterocycles. The zero-order chi connectivity index (χ0) is 18.0. The highest BCUT2D eigenvalue weighted by atomic mass is 16.2. The molecule has 1 aliphatic rings. The lowest BCUT2D eigenvalue weighted by atomic mass is 9.72. The molecule has 1 aliphatic heterocycles. The molecule has 2 aromatic carbocycles. The van der Waals surface area contributed by atoms with Crippen LogP contribution in [0.3, 0.4) is 0 Å². The first-order chi connectivity index (χ1) is 12.7. The Morgan fingerprint density at radius 3 is 2.19 bits per heavy atom. The Hall–Kier alpha value is -3.21. The first kappa shape index (κ1) is 16.3. The van der Waals surface area contributed by atoms with E-state index in [1.165, 1.54) is 0 Å². The van der Waals surface area contributed by atoms with E-state index in [-0.39, 0.29) is 5.91 Å². The number of benzene rings is 2. The van der Waals surface area contributed by atoms with Crippen molar-refractivity contribution in [2.24, 2.45) is 4.99 Å². The molecule has 2 N–H and O–H groups in total. The van der Waals surface area contributed by atoms with Crippen LogP contribution in [0.25, 0.3) is 0 Å². The largest absolute Gasteiger partial charge is 0.308 e. The summed E-state index contributed by atoms with van der Waals surface area (Å²) in [6.45, 7) is 2.54. The van der Waals surface area contributed by atoms with E-state index >= 15 is 0 Å².